The van der Waals surface area contributed by atoms with Crippen LogP contribution in [0.15, 0.2) is 18.2 Å². The number of nitrogens with two attached hydrogens (primary N) is 1. The predicted octanol–water partition coefficient (Wildman–Crippen LogP) is 3.50. The molecular formula is C13H19Cl3N2O. The molecule has 1 rings (SSSR count). The van der Waals surface area contributed by atoms with Crippen LogP contribution in [0, 0.1) is 0 Å². The van der Waals surface area contributed by atoms with Crippen molar-refractivity contribution in [2.45, 2.75) is 32.4 Å². The lowest BCUT2D eigenvalue weighted by Crippen LogP contribution is -2.41. The molecule has 19 heavy (non-hydrogen) atoms. The largest absolute Gasteiger partial charge is 0.340 e. The highest BCUT2D eigenvalue weighted by molar-refractivity contribution is 6.42. The summed E-state index contributed by atoms with van der Waals surface area (Å²) in [5.74, 6) is -0.0528. The van der Waals surface area contributed by atoms with Crippen LogP contribution in [0.4, 0.5) is 0 Å². The summed E-state index contributed by atoms with van der Waals surface area (Å²) in [4.78, 5) is 13.5. The van der Waals surface area contributed by atoms with Crippen molar-refractivity contribution in [3.05, 3.63) is 33.8 Å². The fourth-order valence-corrected chi connectivity index (χ4v) is 2.03. The molecule has 0 aliphatic heterocycles. The number of likely N-dealkylation sites (N-methyl/N-ethyl adjacent to an activating group) is 1. The Bertz CT molecular complexity index is 426. The third-order valence-electron chi connectivity index (χ3n) is 2.70. The molecule has 3 nitrogen and oxygen atoms in total. The second-order valence-corrected chi connectivity index (χ2v) is 5.15. The van der Waals surface area contributed by atoms with E-state index in [1.165, 1.54) is 0 Å². The van der Waals surface area contributed by atoms with Gasteiger partial charge in [0.1, 0.15) is 0 Å². The van der Waals surface area contributed by atoms with Crippen molar-refractivity contribution >= 4 is 41.5 Å². The minimum Gasteiger partial charge on any atom is -0.340 e. The smallest absolute Gasteiger partial charge is 0.239 e. The van der Waals surface area contributed by atoms with Gasteiger partial charge in [-0.05, 0) is 24.1 Å². The van der Waals surface area contributed by atoms with Gasteiger partial charge < -0.3 is 10.6 Å². The number of rotatable bonds is 5. The van der Waals surface area contributed by atoms with Gasteiger partial charge in [0.25, 0.3) is 0 Å². The number of nitrogens with zero attached hydrogens (tertiary/aromatic N) is 1. The van der Waals surface area contributed by atoms with Gasteiger partial charge in [0.2, 0.25) is 5.91 Å². The van der Waals surface area contributed by atoms with Gasteiger partial charge in [-0.1, -0.05) is 42.6 Å². The van der Waals surface area contributed by atoms with Crippen LogP contribution < -0.4 is 5.73 Å². The summed E-state index contributed by atoms with van der Waals surface area (Å²) in [5.41, 5.74) is 6.73. The van der Waals surface area contributed by atoms with Gasteiger partial charge in [0.05, 0.1) is 16.1 Å². The number of halogens is 3. The topological polar surface area (TPSA) is 46.3 Å². The van der Waals surface area contributed by atoms with Crippen molar-refractivity contribution in [3.63, 3.8) is 0 Å². The summed E-state index contributed by atoms with van der Waals surface area (Å²) < 4.78 is 0. The van der Waals surface area contributed by atoms with Gasteiger partial charge >= 0.3 is 0 Å². The SMILES string of the molecule is CCCC(N)C(=O)N(C)Cc1ccc(Cl)c(Cl)c1.Cl. The van der Waals surface area contributed by atoms with E-state index in [1.807, 2.05) is 13.0 Å². The highest BCUT2D eigenvalue weighted by atomic mass is 35.5. The molecule has 0 fully saturated rings. The van der Waals surface area contributed by atoms with Crippen LogP contribution in [-0.4, -0.2) is 23.9 Å². The number of hydrogen-bond donors (Lipinski definition) is 1. The molecule has 1 aromatic carbocycles. The standard InChI is InChI=1S/C13H18Cl2N2O.ClH/c1-3-4-12(16)13(18)17(2)8-9-5-6-10(14)11(15)7-9;/h5-7,12H,3-4,8,16H2,1-2H3;1H. The monoisotopic (exact) mass is 324 g/mol. The van der Waals surface area contributed by atoms with Crippen LogP contribution >= 0.6 is 35.6 Å². The van der Waals surface area contributed by atoms with Crippen LogP contribution in [0.5, 0.6) is 0 Å². The van der Waals surface area contributed by atoms with Gasteiger partial charge in [-0.15, -0.1) is 12.4 Å². The zero-order chi connectivity index (χ0) is 13.7. The first-order chi connectivity index (χ1) is 8.45. The molecule has 0 radical (unpaired) electrons. The van der Waals surface area contributed by atoms with Crippen LogP contribution in [0.2, 0.25) is 10.0 Å². The molecule has 0 aliphatic carbocycles. The Morgan fingerprint density at radius 1 is 1.37 bits per heavy atom. The maximum Gasteiger partial charge on any atom is 0.239 e. The molecule has 0 aromatic heterocycles. The number of hydrogen-bond acceptors (Lipinski definition) is 2. The molecule has 1 unspecified atom stereocenters. The molecule has 1 aromatic rings. The zero-order valence-corrected chi connectivity index (χ0v) is 13.4. The molecule has 1 amide bonds. The molecule has 0 saturated heterocycles. The quantitative estimate of drug-likeness (QED) is 0.900. The third-order valence-corrected chi connectivity index (χ3v) is 3.44. The molecule has 1 atom stereocenters. The van der Waals surface area contributed by atoms with E-state index in [0.29, 0.717) is 23.0 Å². The number of benzene rings is 1. The summed E-state index contributed by atoms with van der Waals surface area (Å²) in [6.07, 6.45) is 1.60. The zero-order valence-electron chi connectivity index (χ0n) is 11.0. The van der Waals surface area contributed by atoms with Crippen LogP contribution in [0.1, 0.15) is 25.3 Å². The summed E-state index contributed by atoms with van der Waals surface area (Å²) in [7, 11) is 1.74. The fraction of sp³-hybridized carbons (Fsp3) is 0.462. The predicted molar refractivity (Wildman–Crippen MR) is 83.1 cm³/mol. The maximum atomic E-state index is 11.9. The highest BCUT2D eigenvalue weighted by Crippen LogP contribution is 2.23. The molecule has 0 heterocycles. The minimum absolute atomic E-state index is 0. The van der Waals surface area contributed by atoms with E-state index in [9.17, 15) is 4.79 Å². The van der Waals surface area contributed by atoms with E-state index in [-0.39, 0.29) is 18.3 Å². The molecule has 6 heteroatoms. The first kappa shape index (κ1) is 18.5. The van der Waals surface area contributed by atoms with Crippen molar-refractivity contribution < 1.29 is 4.79 Å². The van der Waals surface area contributed by atoms with Crippen LogP contribution in [-0.2, 0) is 11.3 Å². The van der Waals surface area contributed by atoms with Crippen LogP contribution in [0.25, 0.3) is 0 Å². The average Bonchev–Trinajstić information content (AvgIpc) is 2.33. The molecular weight excluding hydrogens is 307 g/mol. The third kappa shape index (κ3) is 5.57. The Kier molecular flexibility index (Phi) is 8.42. The fourth-order valence-electron chi connectivity index (χ4n) is 1.71. The summed E-state index contributed by atoms with van der Waals surface area (Å²) >= 11 is 11.8. The van der Waals surface area contributed by atoms with Crippen LogP contribution in [0.3, 0.4) is 0 Å². The Labute approximate surface area is 130 Å². The molecule has 108 valence electrons. The Balaban J connectivity index is 0.00000324. The van der Waals surface area contributed by atoms with Crippen molar-refractivity contribution in [3.8, 4) is 0 Å². The number of amides is 1. The van der Waals surface area contributed by atoms with E-state index in [4.69, 9.17) is 28.9 Å². The van der Waals surface area contributed by atoms with Gasteiger partial charge in [-0.25, -0.2) is 0 Å². The highest BCUT2D eigenvalue weighted by Gasteiger charge is 2.17. The molecule has 0 bridgehead atoms. The Morgan fingerprint density at radius 2 is 2.00 bits per heavy atom. The van der Waals surface area contributed by atoms with E-state index in [1.54, 1.807) is 24.1 Å². The Hall–Kier alpha value is -0.480. The Morgan fingerprint density at radius 3 is 2.53 bits per heavy atom. The van der Waals surface area contributed by atoms with Crippen molar-refractivity contribution in [2.75, 3.05) is 7.05 Å². The van der Waals surface area contributed by atoms with E-state index in [2.05, 4.69) is 0 Å². The van der Waals surface area contributed by atoms with E-state index in [0.717, 1.165) is 12.0 Å². The first-order valence-corrected chi connectivity index (χ1v) is 6.65. The summed E-state index contributed by atoms with van der Waals surface area (Å²) in [5, 5.41) is 1.00. The first-order valence-electron chi connectivity index (χ1n) is 5.90. The van der Waals surface area contributed by atoms with Gasteiger partial charge in [-0.3, -0.25) is 4.79 Å². The van der Waals surface area contributed by atoms with Gasteiger partial charge in [0.15, 0.2) is 0 Å². The minimum atomic E-state index is -0.428. The van der Waals surface area contributed by atoms with Crippen molar-refractivity contribution in [1.29, 1.82) is 0 Å². The van der Waals surface area contributed by atoms with Gasteiger partial charge in [-0.2, -0.15) is 0 Å². The lowest BCUT2D eigenvalue weighted by atomic mass is 10.1. The molecule has 0 spiro atoms. The van der Waals surface area contributed by atoms with Crippen molar-refractivity contribution in [2.24, 2.45) is 5.73 Å². The lowest BCUT2D eigenvalue weighted by Gasteiger charge is -2.21. The maximum absolute atomic E-state index is 11.9. The number of carbonyl (C=O) groups is 1. The summed E-state index contributed by atoms with van der Waals surface area (Å²) in [6.45, 7) is 2.49. The van der Waals surface area contributed by atoms with Gasteiger partial charge in [0, 0.05) is 13.6 Å². The van der Waals surface area contributed by atoms with Crippen molar-refractivity contribution in [1.82, 2.24) is 4.90 Å². The second-order valence-electron chi connectivity index (χ2n) is 4.34. The molecule has 0 saturated carbocycles. The molecule has 2 N–H and O–H groups in total. The summed E-state index contributed by atoms with van der Waals surface area (Å²) in [6, 6.07) is 4.91. The van der Waals surface area contributed by atoms with E-state index < -0.39 is 6.04 Å². The molecule has 0 aliphatic rings. The normalized spacial score (nSPS) is 11.6. The average molecular weight is 326 g/mol. The van der Waals surface area contributed by atoms with E-state index >= 15 is 0 Å². The number of carbonyl (C=O) groups excluding carboxylic acids is 1. The lowest BCUT2D eigenvalue weighted by molar-refractivity contribution is -0.131. The second kappa shape index (κ2) is 8.64.